The largest absolute Gasteiger partial charge is 0.370 e. The minimum Gasteiger partial charge on any atom is -0.370 e. The molecule has 3 rings (SSSR count). The number of hydrogen-bond acceptors (Lipinski definition) is 6. The molecule has 0 aromatic heterocycles. The number of benzene rings is 2. The Kier molecular flexibility index (Phi) is 10.2. The third-order valence-corrected chi connectivity index (χ3v) is 6.52. The lowest BCUT2D eigenvalue weighted by molar-refractivity contribution is -0.134. The maximum atomic E-state index is 13.6. The Hall–Kier alpha value is -3.76. The number of primary amides is 2. The Bertz CT molecular complexity index is 1090. The molecule has 0 fully saturated rings. The topological polar surface area (TPSA) is 174 Å². The first-order valence-electron chi connectivity index (χ1n) is 12.5. The summed E-state index contributed by atoms with van der Waals surface area (Å²) in [6, 6.07) is 15.2. The molecule has 0 radical (unpaired) electrons. The Labute approximate surface area is 216 Å². The zero-order valence-electron chi connectivity index (χ0n) is 20.9. The van der Waals surface area contributed by atoms with Gasteiger partial charge in [0, 0.05) is 13.1 Å². The normalized spacial score (nSPS) is 16.7. The molecule has 37 heavy (non-hydrogen) atoms. The number of amides is 4. The summed E-state index contributed by atoms with van der Waals surface area (Å²) in [5.41, 5.74) is 19.5. The molecule has 3 atom stereocenters. The van der Waals surface area contributed by atoms with Gasteiger partial charge in [0.25, 0.3) is 0 Å². The van der Waals surface area contributed by atoms with Crippen molar-refractivity contribution >= 4 is 23.6 Å². The number of nitrogens with one attached hydrogen (secondary N) is 2. The van der Waals surface area contributed by atoms with Crippen molar-refractivity contribution in [3.63, 3.8) is 0 Å². The Morgan fingerprint density at radius 2 is 1.57 bits per heavy atom. The molecule has 0 saturated heterocycles. The fraction of sp³-hybridized carbons (Fsp3) is 0.407. The number of fused-ring (bicyclic) bond motifs is 1. The maximum absolute atomic E-state index is 13.6. The van der Waals surface area contributed by atoms with Crippen LogP contribution in [0.25, 0.3) is 0 Å². The number of nitrogens with two attached hydrogens (primary N) is 3. The number of carbonyl (C=O) groups is 4. The summed E-state index contributed by atoms with van der Waals surface area (Å²) in [4.78, 5) is 51.9. The molecule has 1 aliphatic rings. The van der Waals surface area contributed by atoms with Crippen molar-refractivity contribution in [2.45, 2.75) is 63.3 Å². The molecular weight excluding hydrogens is 472 g/mol. The van der Waals surface area contributed by atoms with Gasteiger partial charge in [0.05, 0.1) is 12.5 Å². The van der Waals surface area contributed by atoms with Crippen molar-refractivity contribution in [1.29, 1.82) is 0 Å². The van der Waals surface area contributed by atoms with Gasteiger partial charge in [0.1, 0.15) is 12.1 Å². The van der Waals surface area contributed by atoms with Crippen LogP contribution in [0.5, 0.6) is 0 Å². The fourth-order valence-electron chi connectivity index (χ4n) is 4.55. The van der Waals surface area contributed by atoms with Gasteiger partial charge in [-0.25, -0.2) is 0 Å². The van der Waals surface area contributed by atoms with Crippen LogP contribution in [-0.4, -0.2) is 53.2 Å². The van der Waals surface area contributed by atoms with Crippen LogP contribution < -0.4 is 27.8 Å². The van der Waals surface area contributed by atoms with Crippen molar-refractivity contribution in [2.24, 2.45) is 17.2 Å². The second-order valence-electron chi connectivity index (χ2n) is 9.36. The van der Waals surface area contributed by atoms with Gasteiger partial charge < -0.3 is 27.8 Å². The summed E-state index contributed by atoms with van der Waals surface area (Å²) in [5.74, 6) is -2.53. The van der Waals surface area contributed by atoms with Gasteiger partial charge in [0.2, 0.25) is 23.6 Å². The van der Waals surface area contributed by atoms with E-state index in [9.17, 15) is 19.2 Å². The summed E-state index contributed by atoms with van der Waals surface area (Å²) >= 11 is 0. The minimum absolute atomic E-state index is 0.288. The average Bonchev–Trinajstić information content (AvgIpc) is 2.87. The molecule has 1 aliphatic heterocycles. The van der Waals surface area contributed by atoms with Crippen molar-refractivity contribution < 1.29 is 19.2 Å². The Morgan fingerprint density at radius 3 is 2.22 bits per heavy atom. The summed E-state index contributed by atoms with van der Waals surface area (Å²) < 4.78 is 0. The number of nitrogens with zero attached hydrogens (tertiary/aromatic N) is 1. The molecular formula is C27H36N6O4. The zero-order valence-corrected chi connectivity index (χ0v) is 20.9. The van der Waals surface area contributed by atoms with E-state index in [1.54, 1.807) is 0 Å². The van der Waals surface area contributed by atoms with Gasteiger partial charge in [-0.3, -0.25) is 24.1 Å². The highest BCUT2D eigenvalue weighted by atomic mass is 16.2. The molecule has 198 valence electrons. The minimum atomic E-state index is -1.25. The van der Waals surface area contributed by atoms with Crippen LogP contribution in [0.3, 0.4) is 0 Å². The predicted molar refractivity (Wildman–Crippen MR) is 139 cm³/mol. The highest BCUT2D eigenvalue weighted by Crippen LogP contribution is 2.25. The number of hydrogen-bond donors (Lipinski definition) is 5. The van der Waals surface area contributed by atoms with E-state index in [1.165, 1.54) is 0 Å². The lowest BCUT2D eigenvalue weighted by Gasteiger charge is -2.36. The van der Waals surface area contributed by atoms with Gasteiger partial charge in [-0.1, -0.05) is 54.6 Å². The van der Waals surface area contributed by atoms with Gasteiger partial charge in [-0.15, -0.1) is 0 Å². The van der Waals surface area contributed by atoms with E-state index >= 15 is 0 Å². The summed E-state index contributed by atoms with van der Waals surface area (Å²) in [6.07, 6.45) is 1.65. The third-order valence-electron chi connectivity index (χ3n) is 6.52. The van der Waals surface area contributed by atoms with E-state index in [1.807, 2.05) is 48.5 Å². The Balaban J connectivity index is 1.79. The second-order valence-corrected chi connectivity index (χ2v) is 9.36. The summed E-state index contributed by atoms with van der Waals surface area (Å²) in [6.45, 7) is 1.60. The number of rotatable bonds is 13. The standard InChI is InChI=1S/C27H36N6O4/c28-13-7-6-12-21(26(36)32-22(25(30)35)15-24(29)34)31-27(37)23-14-19-10-4-5-11-20(19)17-33(23)16-18-8-2-1-3-9-18/h1-5,8-11,21-23H,6-7,12-17,28H2,(H2,29,34)(H2,30,35)(H,31,37)(H,32,36)/t21-,22-,23-/m0/s1. The third kappa shape index (κ3) is 8.12. The van der Waals surface area contributed by atoms with Crippen molar-refractivity contribution in [3.05, 3.63) is 71.3 Å². The van der Waals surface area contributed by atoms with Crippen LogP contribution >= 0.6 is 0 Å². The Morgan fingerprint density at radius 1 is 0.892 bits per heavy atom. The van der Waals surface area contributed by atoms with E-state index in [-0.39, 0.29) is 5.91 Å². The van der Waals surface area contributed by atoms with Crippen LogP contribution in [0.15, 0.2) is 54.6 Å². The van der Waals surface area contributed by atoms with Crippen LogP contribution in [-0.2, 0) is 38.7 Å². The molecule has 10 heteroatoms. The molecule has 2 aromatic rings. The molecule has 8 N–H and O–H groups in total. The second kappa shape index (κ2) is 13.5. The average molecular weight is 509 g/mol. The highest BCUT2D eigenvalue weighted by molar-refractivity contribution is 5.94. The molecule has 4 amide bonds. The molecule has 10 nitrogen and oxygen atoms in total. The number of unbranched alkanes of at least 4 members (excludes halogenated alkanes) is 1. The van der Waals surface area contributed by atoms with Gasteiger partial charge >= 0.3 is 0 Å². The first kappa shape index (κ1) is 27.8. The first-order valence-corrected chi connectivity index (χ1v) is 12.5. The highest BCUT2D eigenvalue weighted by Gasteiger charge is 2.34. The van der Waals surface area contributed by atoms with Crippen LogP contribution in [0.4, 0.5) is 0 Å². The van der Waals surface area contributed by atoms with Crippen molar-refractivity contribution in [2.75, 3.05) is 6.54 Å². The molecule has 0 aliphatic carbocycles. The van der Waals surface area contributed by atoms with Gasteiger partial charge in [0.15, 0.2) is 0 Å². The molecule has 0 bridgehead atoms. The van der Waals surface area contributed by atoms with Crippen LogP contribution in [0.2, 0.25) is 0 Å². The van der Waals surface area contributed by atoms with Crippen molar-refractivity contribution in [1.82, 2.24) is 15.5 Å². The molecule has 0 unspecified atom stereocenters. The summed E-state index contributed by atoms with van der Waals surface area (Å²) in [5, 5.41) is 5.36. The monoisotopic (exact) mass is 508 g/mol. The molecule has 0 saturated carbocycles. The summed E-state index contributed by atoms with van der Waals surface area (Å²) in [7, 11) is 0. The first-order chi connectivity index (χ1) is 17.8. The lowest BCUT2D eigenvalue weighted by Crippen LogP contribution is -2.57. The molecule has 0 spiro atoms. The van der Waals surface area contributed by atoms with E-state index in [0.29, 0.717) is 45.3 Å². The molecule has 1 heterocycles. The fourth-order valence-corrected chi connectivity index (χ4v) is 4.55. The predicted octanol–water partition coefficient (Wildman–Crippen LogP) is 0.0728. The van der Waals surface area contributed by atoms with Gasteiger partial charge in [-0.05, 0) is 48.9 Å². The van der Waals surface area contributed by atoms with Crippen LogP contribution in [0.1, 0.15) is 42.4 Å². The quantitative estimate of drug-likeness (QED) is 0.239. The van der Waals surface area contributed by atoms with E-state index < -0.39 is 42.3 Å². The number of carbonyl (C=O) groups excluding carboxylic acids is 4. The van der Waals surface area contributed by atoms with Gasteiger partial charge in [-0.2, -0.15) is 0 Å². The van der Waals surface area contributed by atoms with Crippen LogP contribution in [0, 0.1) is 0 Å². The van der Waals surface area contributed by atoms with E-state index in [0.717, 1.165) is 16.7 Å². The maximum Gasteiger partial charge on any atom is 0.243 e. The van der Waals surface area contributed by atoms with E-state index in [2.05, 4.69) is 21.6 Å². The molecule has 2 aromatic carbocycles. The SMILES string of the molecule is NCCCC[C@H](NC(=O)[C@@H]1Cc2ccccc2CN1Cc1ccccc1)C(=O)N[C@@H](CC(N)=O)C(N)=O. The zero-order chi connectivity index (χ0) is 26.8. The van der Waals surface area contributed by atoms with Crippen molar-refractivity contribution in [3.8, 4) is 0 Å². The smallest absolute Gasteiger partial charge is 0.243 e. The van der Waals surface area contributed by atoms with E-state index in [4.69, 9.17) is 17.2 Å². The lowest BCUT2D eigenvalue weighted by atomic mass is 9.92.